The van der Waals surface area contributed by atoms with Gasteiger partial charge < -0.3 is 0 Å². The molecule has 1 aliphatic carbocycles. The molecule has 0 amide bonds. The van der Waals surface area contributed by atoms with Crippen molar-refractivity contribution in [3.63, 3.8) is 0 Å². The van der Waals surface area contributed by atoms with Crippen molar-refractivity contribution in [1.29, 1.82) is 0 Å². The molecule has 0 aromatic carbocycles. The molecule has 0 aliphatic heterocycles. The van der Waals surface area contributed by atoms with Crippen LogP contribution < -0.4 is 4.72 Å². The van der Waals surface area contributed by atoms with E-state index in [-0.39, 0.29) is 10.3 Å². The lowest BCUT2D eigenvalue weighted by Gasteiger charge is -2.37. The second kappa shape index (κ2) is 5.15. The van der Waals surface area contributed by atoms with Gasteiger partial charge in [0.2, 0.25) is 0 Å². The Morgan fingerprint density at radius 3 is 2.74 bits per heavy atom. The molecular weight excluding hydrogens is 280 g/mol. The third-order valence-electron chi connectivity index (χ3n) is 3.46. The van der Waals surface area contributed by atoms with Crippen LogP contribution >= 0.6 is 11.6 Å². The lowest BCUT2D eigenvalue weighted by atomic mass is 9.82. The molecule has 0 spiro atoms. The van der Waals surface area contributed by atoms with Gasteiger partial charge in [-0.1, -0.05) is 17.7 Å². The van der Waals surface area contributed by atoms with Gasteiger partial charge in [0.1, 0.15) is 5.15 Å². The largest absolute Gasteiger partial charge is 0.242 e. The van der Waals surface area contributed by atoms with E-state index in [2.05, 4.69) is 16.6 Å². The highest BCUT2D eigenvalue weighted by molar-refractivity contribution is 7.84. The number of hydrogen-bond acceptors (Lipinski definition) is 2. The van der Waals surface area contributed by atoms with Gasteiger partial charge in [-0.2, -0.15) is 0 Å². The third kappa shape index (κ3) is 3.18. The second-order valence-electron chi connectivity index (χ2n) is 6.31. The third-order valence-corrected chi connectivity index (χ3v) is 5.42. The summed E-state index contributed by atoms with van der Waals surface area (Å²) in [6.45, 7) is 7.97. The number of fused-ring (bicyclic) bond motifs is 1. The van der Waals surface area contributed by atoms with E-state index < -0.39 is 11.0 Å². The van der Waals surface area contributed by atoms with Gasteiger partial charge in [0.05, 0.1) is 27.0 Å². The summed E-state index contributed by atoms with van der Waals surface area (Å²) in [4.78, 5) is 4.47. The zero-order chi connectivity index (χ0) is 14.3. The first-order valence-electron chi connectivity index (χ1n) is 6.58. The summed E-state index contributed by atoms with van der Waals surface area (Å²) in [7, 11) is -1.12. The van der Waals surface area contributed by atoms with E-state index >= 15 is 0 Å². The fraction of sp³-hybridized carbons (Fsp3) is 0.643. The zero-order valence-electron chi connectivity index (χ0n) is 11.9. The topological polar surface area (TPSA) is 42.0 Å². The van der Waals surface area contributed by atoms with Gasteiger partial charge >= 0.3 is 0 Å². The Kier molecular flexibility index (Phi) is 4.05. The Morgan fingerprint density at radius 1 is 1.42 bits per heavy atom. The highest BCUT2D eigenvalue weighted by Crippen LogP contribution is 2.35. The van der Waals surface area contributed by atoms with Crippen molar-refractivity contribution in [2.24, 2.45) is 0 Å². The molecule has 0 radical (unpaired) electrons. The highest BCUT2D eigenvalue weighted by atomic mass is 35.5. The van der Waals surface area contributed by atoms with E-state index in [1.165, 1.54) is 5.56 Å². The number of rotatable bonds is 2. The van der Waals surface area contributed by atoms with Crippen molar-refractivity contribution in [3.8, 4) is 0 Å². The van der Waals surface area contributed by atoms with E-state index in [1.807, 2.05) is 32.9 Å². The number of nitrogens with one attached hydrogen (secondary N) is 1. The number of aromatic nitrogens is 1. The lowest BCUT2D eigenvalue weighted by molar-refractivity contribution is 0.360. The van der Waals surface area contributed by atoms with E-state index in [9.17, 15) is 4.21 Å². The van der Waals surface area contributed by atoms with Crippen molar-refractivity contribution in [1.82, 2.24) is 9.71 Å². The normalized spacial score (nSPS) is 24.9. The Hall–Kier alpha value is -0.450. The molecule has 2 atom stereocenters. The van der Waals surface area contributed by atoms with Crippen molar-refractivity contribution in [2.45, 2.75) is 57.2 Å². The van der Waals surface area contributed by atoms with Crippen LogP contribution in [0, 0.1) is 0 Å². The van der Waals surface area contributed by atoms with Crippen molar-refractivity contribution < 1.29 is 4.21 Å². The van der Waals surface area contributed by atoms with Gasteiger partial charge in [-0.3, -0.25) is 0 Å². The van der Waals surface area contributed by atoms with Gasteiger partial charge in [-0.05, 0) is 58.6 Å². The van der Waals surface area contributed by atoms with Gasteiger partial charge in [-0.25, -0.2) is 13.9 Å². The summed E-state index contributed by atoms with van der Waals surface area (Å²) in [6, 6.07) is 3.86. The summed E-state index contributed by atoms with van der Waals surface area (Å²) in [6.07, 6.45) is 3.01. The quantitative estimate of drug-likeness (QED) is 0.851. The molecule has 1 heterocycles. The molecule has 0 bridgehead atoms. The average molecular weight is 301 g/mol. The fourth-order valence-electron chi connectivity index (χ4n) is 2.35. The van der Waals surface area contributed by atoms with Gasteiger partial charge in [0.25, 0.3) is 0 Å². The zero-order valence-corrected chi connectivity index (χ0v) is 13.5. The first-order valence-corrected chi connectivity index (χ1v) is 8.11. The molecule has 1 aromatic rings. The number of aryl methyl sites for hydroxylation is 1. The number of nitrogens with zero attached hydrogens (tertiary/aromatic N) is 1. The molecule has 1 N–H and O–H groups in total. The number of halogens is 1. The lowest BCUT2D eigenvalue weighted by Crippen LogP contribution is -2.48. The maximum absolute atomic E-state index is 12.4. The first-order chi connectivity index (χ1) is 8.72. The van der Waals surface area contributed by atoms with Crippen LogP contribution in [-0.4, -0.2) is 13.9 Å². The van der Waals surface area contributed by atoms with Crippen LogP contribution in [0.15, 0.2) is 12.1 Å². The molecule has 2 rings (SSSR count). The predicted octanol–water partition coefficient (Wildman–Crippen LogP) is 3.34. The minimum Gasteiger partial charge on any atom is -0.242 e. The summed E-state index contributed by atoms with van der Waals surface area (Å²) >= 11 is 6.02. The van der Waals surface area contributed by atoms with Crippen LogP contribution in [0.4, 0.5) is 0 Å². The Bertz CT molecular complexity index is 513. The molecule has 3 nitrogen and oxygen atoms in total. The molecule has 0 saturated heterocycles. The summed E-state index contributed by atoms with van der Waals surface area (Å²) in [5.74, 6) is 0. The van der Waals surface area contributed by atoms with Crippen LogP contribution in [0.5, 0.6) is 0 Å². The first kappa shape index (κ1) is 14.9. The maximum Gasteiger partial charge on any atom is 0.129 e. The van der Waals surface area contributed by atoms with E-state index in [4.69, 9.17) is 11.6 Å². The van der Waals surface area contributed by atoms with Gasteiger partial charge in [0.15, 0.2) is 0 Å². The molecule has 106 valence electrons. The minimum absolute atomic E-state index is 0.292. The predicted molar refractivity (Wildman–Crippen MR) is 80.6 cm³/mol. The molecule has 1 aliphatic rings. The van der Waals surface area contributed by atoms with Crippen LogP contribution in [0.1, 0.15) is 51.8 Å². The molecule has 1 aromatic heterocycles. The Balaban J connectivity index is 2.36. The molecule has 0 saturated carbocycles. The van der Waals surface area contributed by atoms with Crippen molar-refractivity contribution in [3.05, 3.63) is 28.5 Å². The standard InChI is InChI=1S/C14H21ClN2OS/c1-13(2,3)19(18)17-14(4)9-5-6-10-7-8-11(15)16-12(10)14/h7-8,17H,5-6,9H2,1-4H3/t14-,19-/m1/s1. The Labute approximate surface area is 122 Å². The fourth-order valence-corrected chi connectivity index (χ4v) is 3.41. The van der Waals surface area contributed by atoms with Crippen molar-refractivity contribution in [2.75, 3.05) is 0 Å². The van der Waals surface area contributed by atoms with Crippen LogP contribution in [-0.2, 0) is 22.9 Å². The molecule has 0 fully saturated rings. The summed E-state index contributed by atoms with van der Waals surface area (Å²) < 4.78 is 15.3. The van der Waals surface area contributed by atoms with Crippen LogP contribution in [0.25, 0.3) is 0 Å². The van der Waals surface area contributed by atoms with Gasteiger partial charge in [-0.15, -0.1) is 0 Å². The average Bonchev–Trinajstić information content (AvgIpc) is 2.29. The van der Waals surface area contributed by atoms with E-state index in [0.717, 1.165) is 25.0 Å². The number of hydrogen-bond donors (Lipinski definition) is 1. The van der Waals surface area contributed by atoms with Gasteiger partial charge in [0, 0.05) is 0 Å². The second-order valence-corrected chi connectivity index (χ2v) is 8.66. The molecular formula is C14H21ClN2OS. The van der Waals surface area contributed by atoms with Crippen LogP contribution in [0.2, 0.25) is 5.15 Å². The number of pyridine rings is 1. The van der Waals surface area contributed by atoms with E-state index in [0.29, 0.717) is 5.15 Å². The molecule has 0 unspecified atom stereocenters. The highest BCUT2D eigenvalue weighted by Gasteiger charge is 2.37. The summed E-state index contributed by atoms with van der Waals surface area (Å²) in [5, 5.41) is 0.496. The van der Waals surface area contributed by atoms with Crippen LogP contribution in [0.3, 0.4) is 0 Å². The SMILES string of the molecule is CC(C)(C)[S@@](=O)N[C@]1(C)CCCc2ccc(Cl)nc21. The maximum atomic E-state index is 12.4. The monoisotopic (exact) mass is 300 g/mol. The summed E-state index contributed by atoms with van der Waals surface area (Å²) in [5.41, 5.74) is 1.79. The molecule has 5 heteroatoms. The van der Waals surface area contributed by atoms with Crippen molar-refractivity contribution >= 4 is 22.6 Å². The minimum atomic E-state index is -1.12. The molecule has 19 heavy (non-hydrogen) atoms. The Morgan fingerprint density at radius 2 is 2.11 bits per heavy atom. The smallest absolute Gasteiger partial charge is 0.129 e. The van der Waals surface area contributed by atoms with E-state index in [1.54, 1.807) is 0 Å².